The zero-order chi connectivity index (χ0) is 21.7. The number of allylic oxidation sites excluding steroid dienone is 1. The number of imidazole rings is 1. The van der Waals surface area contributed by atoms with Gasteiger partial charge in [0.15, 0.2) is 4.77 Å². The van der Waals surface area contributed by atoms with E-state index >= 15 is 0 Å². The molecule has 0 spiro atoms. The van der Waals surface area contributed by atoms with Crippen LogP contribution in [0.4, 0.5) is 0 Å². The minimum absolute atomic E-state index is 0.179. The summed E-state index contributed by atoms with van der Waals surface area (Å²) in [4.78, 5) is 3.61. The summed E-state index contributed by atoms with van der Waals surface area (Å²) < 4.78 is 15.4. The van der Waals surface area contributed by atoms with Crippen molar-refractivity contribution in [2.75, 3.05) is 14.2 Å². The molecule has 2 aromatic carbocycles. The number of benzene rings is 2. The van der Waals surface area contributed by atoms with Crippen LogP contribution < -0.4 is 9.47 Å². The first-order valence-corrected chi connectivity index (χ1v) is 10.4. The maximum Gasteiger partial charge on any atom is 0.214 e. The molecule has 0 saturated heterocycles. The Bertz CT molecular complexity index is 1380. The van der Waals surface area contributed by atoms with Crippen molar-refractivity contribution in [1.29, 1.82) is 0 Å². The Kier molecular flexibility index (Phi) is 4.63. The monoisotopic (exact) mass is 433 g/mol. The second-order valence-electron chi connectivity index (χ2n) is 7.57. The molecule has 1 aliphatic rings. The Morgan fingerprint density at radius 3 is 2.77 bits per heavy atom. The topological polar surface area (TPSA) is 64.3 Å². The lowest BCUT2D eigenvalue weighted by atomic mass is 9.92. The van der Waals surface area contributed by atoms with Gasteiger partial charge in [-0.1, -0.05) is 24.3 Å². The lowest BCUT2D eigenvalue weighted by Gasteiger charge is -2.28. The van der Waals surface area contributed by atoms with E-state index in [4.69, 9.17) is 21.7 Å². The number of nitrogens with one attached hydrogen (secondary N) is 1. The maximum atomic E-state index is 11.1. The summed E-state index contributed by atoms with van der Waals surface area (Å²) in [5, 5.41) is 12.2. The van der Waals surface area contributed by atoms with Crippen LogP contribution in [0.5, 0.6) is 17.4 Å². The fourth-order valence-corrected chi connectivity index (χ4v) is 4.98. The number of aromatic amines is 1. The zero-order valence-electron chi connectivity index (χ0n) is 17.4. The average Bonchev–Trinajstić information content (AvgIpc) is 3.28. The van der Waals surface area contributed by atoms with Gasteiger partial charge in [0, 0.05) is 41.2 Å². The molecule has 2 N–H and O–H groups in total. The van der Waals surface area contributed by atoms with E-state index in [1.165, 1.54) is 0 Å². The molecule has 0 unspecified atom stereocenters. The van der Waals surface area contributed by atoms with E-state index in [2.05, 4.69) is 23.7 Å². The zero-order valence-corrected chi connectivity index (χ0v) is 18.2. The van der Waals surface area contributed by atoms with Crippen LogP contribution in [0.3, 0.4) is 0 Å². The van der Waals surface area contributed by atoms with Crippen molar-refractivity contribution in [1.82, 2.24) is 14.1 Å². The maximum absolute atomic E-state index is 11.1. The van der Waals surface area contributed by atoms with Crippen LogP contribution in [0.1, 0.15) is 28.6 Å². The van der Waals surface area contributed by atoms with Crippen LogP contribution >= 0.6 is 12.2 Å². The van der Waals surface area contributed by atoms with Crippen molar-refractivity contribution < 1.29 is 14.6 Å². The first-order chi connectivity index (χ1) is 15.1. The molecule has 6 nitrogen and oxygen atoms in total. The lowest BCUT2D eigenvalue weighted by Crippen LogP contribution is -2.22. The third-order valence-corrected chi connectivity index (χ3v) is 6.43. The van der Waals surface area contributed by atoms with Crippen molar-refractivity contribution >= 4 is 23.1 Å². The van der Waals surface area contributed by atoms with Crippen LogP contribution in [0.25, 0.3) is 10.9 Å². The Morgan fingerprint density at radius 2 is 2.03 bits per heavy atom. The van der Waals surface area contributed by atoms with E-state index < -0.39 is 0 Å². The van der Waals surface area contributed by atoms with Crippen LogP contribution in [-0.4, -0.2) is 33.4 Å². The van der Waals surface area contributed by atoms with Gasteiger partial charge in [0.2, 0.25) is 5.88 Å². The molecular formula is C24H23N3O3S. The van der Waals surface area contributed by atoms with Crippen LogP contribution in [0.2, 0.25) is 0 Å². The minimum atomic E-state index is -0.281. The molecular weight excluding hydrogens is 410 g/mol. The summed E-state index contributed by atoms with van der Waals surface area (Å²) in [6.45, 7) is 4.25. The predicted molar refractivity (Wildman–Crippen MR) is 123 cm³/mol. The molecule has 4 aromatic rings. The second kappa shape index (κ2) is 7.35. The molecule has 0 radical (unpaired) electrons. The van der Waals surface area contributed by atoms with Crippen molar-refractivity contribution in [3.05, 3.63) is 82.4 Å². The van der Waals surface area contributed by atoms with Gasteiger partial charge in [0.1, 0.15) is 17.5 Å². The van der Waals surface area contributed by atoms with E-state index in [0.29, 0.717) is 29.2 Å². The number of methoxy groups -OCH3 is 2. The van der Waals surface area contributed by atoms with Gasteiger partial charge in [-0.2, -0.15) is 0 Å². The van der Waals surface area contributed by atoms with Crippen molar-refractivity contribution in [2.24, 2.45) is 0 Å². The number of para-hydroxylation sites is 1. The average molecular weight is 434 g/mol. The van der Waals surface area contributed by atoms with Gasteiger partial charge >= 0.3 is 0 Å². The van der Waals surface area contributed by atoms with E-state index in [1.54, 1.807) is 24.9 Å². The number of rotatable bonds is 5. The highest BCUT2D eigenvalue weighted by Gasteiger charge is 2.35. The molecule has 2 aromatic heterocycles. The van der Waals surface area contributed by atoms with Gasteiger partial charge in [-0.05, 0) is 36.0 Å². The second-order valence-corrected chi connectivity index (χ2v) is 7.94. The highest BCUT2D eigenvalue weighted by Crippen LogP contribution is 2.45. The van der Waals surface area contributed by atoms with Gasteiger partial charge in [-0.3, -0.25) is 4.57 Å². The Hall–Kier alpha value is -3.45. The molecule has 0 saturated carbocycles. The number of hydrogen-bond donors (Lipinski definition) is 2. The molecule has 0 aliphatic carbocycles. The van der Waals surface area contributed by atoms with Gasteiger partial charge in [-0.15, -0.1) is 6.58 Å². The molecule has 0 fully saturated rings. The number of aromatic nitrogens is 3. The Labute approximate surface area is 185 Å². The third-order valence-electron chi connectivity index (χ3n) is 6.01. The molecule has 7 heteroatoms. The largest absolute Gasteiger partial charge is 0.497 e. The number of fused-ring (bicyclic) bond motifs is 4. The van der Waals surface area contributed by atoms with E-state index in [0.717, 1.165) is 33.4 Å². The fraction of sp³-hybridized carbons (Fsp3) is 0.208. The molecule has 3 heterocycles. The van der Waals surface area contributed by atoms with E-state index in [9.17, 15) is 5.11 Å². The van der Waals surface area contributed by atoms with Gasteiger partial charge in [0.05, 0.1) is 19.9 Å². The highest BCUT2D eigenvalue weighted by atomic mass is 32.1. The minimum Gasteiger partial charge on any atom is -0.497 e. The summed E-state index contributed by atoms with van der Waals surface area (Å²) in [5.74, 6) is 1.59. The number of nitrogens with zero attached hydrogens (tertiary/aromatic N) is 2. The molecule has 158 valence electrons. The lowest BCUT2D eigenvalue weighted by molar-refractivity contribution is 0.386. The quantitative estimate of drug-likeness (QED) is 0.304. The molecule has 5 rings (SSSR count). The molecule has 0 bridgehead atoms. The number of aromatic hydroxyl groups is 1. The van der Waals surface area contributed by atoms with Crippen LogP contribution in [0.15, 0.2) is 55.1 Å². The van der Waals surface area contributed by atoms with Crippen molar-refractivity contribution in [3.63, 3.8) is 0 Å². The summed E-state index contributed by atoms with van der Waals surface area (Å²) in [6, 6.07) is 13.7. The predicted octanol–water partition coefficient (Wildman–Crippen LogP) is 4.95. The van der Waals surface area contributed by atoms with Crippen LogP contribution in [0, 0.1) is 4.77 Å². The smallest absolute Gasteiger partial charge is 0.214 e. The first-order valence-electron chi connectivity index (χ1n) is 10.0. The Balaban J connectivity index is 1.85. The van der Waals surface area contributed by atoms with Crippen molar-refractivity contribution in [2.45, 2.75) is 19.0 Å². The van der Waals surface area contributed by atoms with Gasteiger partial charge in [-0.25, -0.2) is 0 Å². The normalized spacial score (nSPS) is 14.8. The number of H-pyrrole nitrogens is 1. The number of hydrogen-bond acceptors (Lipinski definition) is 4. The fourth-order valence-electron chi connectivity index (χ4n) is 4.60. The van der Waals surface area contributed by atoms with Gasteiger partial charge in [0.25, 0.3) is 0 Å². The number of ether oxygens (including phenoxy) is 2. The van der Waals surface area contributed by atoms with Crippen LogP contribution in [-0.2, 0) is 13.0 Å². The highest BCUT2D eigenvalue weighted by molar-refractivity contribution is 7.71. The standard InChI is InChI=1S/C24H23N3O3S/c1-4-11-26-23(28)19-13-17-15-7-5-6-8-18(15)25-21(17)22(27(19)24(26)31)16-10-9-14(29-2)12-20(16)30-3/h4-10,12,22,25,28H,1,11,13H2,2-3H3/t22-/m1/s1. The summed E-state index contributed by atoms with van der Waals surface area (Å²) in [5.41, 5.74) is 4.97. The molecule has 1 atom stereocenters. The van der Waals surface area contributed by atoms with E-state index in [-0.39, 0.29) is 11.9 Å². The summed E-state index contributed by atoms with van der Waals surface area (Å²) in [7, 11) is 3.28. The third kappa shape index (κ3) is 2.80. The summed E-state index contributed by atoms with van der Waals surface area (Å²) >= 11 is 5.82. The first kappa shape index (κ1) is 19.5. The molecule has 31 heavy (non-hydrogen) atoms. The van der Waals surface area contributed by atoms with Crippen molar-refractivity contribution in [3.8, 4) is 17.4 Å². The SMILES string of the molecule is C=CCn1c(O)c2n(c1=S)[C@H](c1ccc(OC)cc1OC)c1[nH]c3ccccc3c1C2. The summed E-state index contributed by atoms with van der Waals surface area (Å²) in [6.07, 6.45) is 2.31. The molecule has 0 amide bonds. The van der Waals surface area contributed by atoms with E-state index in [1.807, 2.05) is 34.9 Å². The van der Waals surface area contributed by atoms with Gasteiger partial charge < -0.3 is 24.1 Å². The molecule has 1 aliphatic heterocycles. The Morgan fingerprint density at radius 1 is 1.23 bits per heavy atom.